The summed E-state index contributed by atoms with van der Waals surface area (Å²) in [4.78, 5) is 54.1. The van der Waals surface area contributed by atoms with Gasteiger partial charge >= 0.3 is 0 Å². The summed E-state index contributed by atoms with van der Waals surface area (Å²) in [6.45, 7) is 6.60. The van der Waals surface area contributed by atoms with Gasteiger partial charge in [-0.3, -0.25) is 24.1 Å². The first-order chi connectivity index (χ1) is 15.3. The Hall–Kier alpha value is -2.96. The number of hydrogen-bond acceptors (Lipinski definition) is 4. The highest BCUT2D eigenvalue weighted by atomic mass is 16.2. The predicted molar refractivity (Wildman–Crippen MR) is 121 cm³/mol. The van der Waals surface area contributed by atoms with Crippen molar-refractivity contribution in [1.82, 2.24) is 15.1 Å². The van der Waals surface area contributed by atoms with Crippen molar-refractivity contribution in [3.05, 3.63) is 48.0 Å². The van der Waals surface area contributed by atoms with Crippen LogP contribution in [-0.2, 0) is 25.7 Å². The molecule has 7 nitrogen and oxygen atoms in total. The smallest absolute Gasteiger partial charge is 0.242 e. The Morgan fingerprint density at radius 2 is 1.62 bits per heavy atom. The van der Waals surface area contributed by atoms with Crippen molar-refractivity contribution in [2.24, 2.45) is 17.8 Å². The molecule has 7 heteroatoms. The molecule has 32 heavy (non-hydrogen) atoms. The molecule has 1 fully saturated rings. The molecule has 1 N–H and O–H groups in total. The summed E-state index contributed by atoms with van der Waals surface area (Å²) in [6.07, 6.45) is 5.04. The van der Waals surface area contributed by atoms with Gasteiger partial charge in [0.25, 0.3) is 0 Å². The maximum atomic E-state index is 13.2. The minimum Gasteiger partial charge on any atom is -0.354 e. The first-order valence-corrected chi connectivity index (χ1v) is 11.4. The highest BCUT2D eigenvalue weighted by Crippen LogP contribution is 2.35. The van der Waals surface area contributed by atoms with Crippen LogP contribution in [0.4, 0.5) is 0 Å². The van der Waals surface area contributed by atoms with E-state index < -0.39 is 6.04 Å². The number of allylic oxidation sites excluding steroid dienone is 2. The average molecular weight is 440 g/mol. The van der Waals surface area contributed by atoms with Gasteiger partial charge in [-0.05, 0) is 31.2 Å². The zero-order valence-electron chi connectivity index (χ0n) is 19.1. The number of likely N-dealkylation sites (tertiary alicyclic amines) is 1. The van der Waals surface area contributed by atoms with Gasteiger partial charge in [0.05, 0.1) is 11.8 Å². The van der Waals surface area contributed by atoms with Gasteiger partial charge in [-0.15, -0.1) is 0 Å². The van der Waals surface area contributed by atoms with E-state index in [0.29, 0.717) is 25.3 Å². The van der Waals surface area contributed by atoms with Gasteiger partial charge < -0.3 is 10.2 Å². The average Bonchev–Trinajstić information content (AvgIpc) is 3.04. The molecule has 4 amide bonds. The third kappa shape index (κ3) is 5.44. The van der Waals surface area contributed by atoms with Gasteiger partial charge in [0, 0.05) is 26.1 Å². The lowest BCUT2D eigenvalue weighted by atomic mass is 9.85. The molecule has 2 aliphatic rings. The SMILES string of the molecule is CC(C)CNC(=O)C(C)N(Cc1ccccc1)C(=O)CCN1C(=O)[C@H]2CC=CC[C@H]2C1=O. The van der Waals surface area contributed by atoms with Crippen molar-refractivity contribution in [2.45, 2.75) is 52.6 Å². The summed E-state index contributed by atoms with van der Waals surface area (Å²) < 4.78 is 0. The number of imide groups is 1. The molecule has 1 aromatic rings. The molecule has 1 heterocycles. The minimum absolute atomic E-state index is 0.00101. The van der Waals surface area contributed by atoms with Crippen LogP contribution in [0, 0.1) is 17.8 Å². The molecule has 0 radical (unpaired) electrons. The molecular formula is C25H33N3O4. The van der Waals surface area contributed by atoms with E-state index in [-0.39, 0.29) is 55.0 Å². The molecular weight excluding hydrogens is 406 g/mol. The summed E-state index contributed by atoms with van der Waals surface area (Å²) in [5, 5.41) is 2.89. The molecule has 1 unspecified atom stereocenters. The summed E-state index contributed by atoms with van der Waals surface area (Å²) >= 11 is 0. The molecule has 0 saturated carbocycles. The van der Waals surface area contributed by atoms with Crippen LogP contribution in [0.1, 0.15) is 45.6 Å². The van der Waals surface area contributed by atoms with Crippen LogP contribution in [0.5, 0.6) is 0 Å². The molecule has 1 saturated heterocycles. The number of nitrogens with zero attached hydrogens (tertiary/aromatic N) is 2. The van der Waals surface area contributed by atoms with Crippen molar-refractivity contribution in [3.63, 3.8) is 0 Å². The van der Waals surface area contributed by atoms with Gasteiger partial charge in [0.2, 0.25) is 23.6 Å². The monoisotopic (exact) mass is 439 g/mol. The van der Waals surface area contributed by atoms with Crippen molar-refractivity contribution in [3.8, 4) is 0 Å². The van der Waals surface area contributed by atoms with Crippen LogP contribution in [0.2, 0.25) is 0 Å². The fourth-order valence-corrected chi connectivity index (χ4v) is 4.26. The van der Waals surface area contributed by atoms with Crippen molar-refractivity contribution in [2.75, 3.05) is 13.1 Å². The molecule has 3 rings (SSSR count). The Labute approximate surface area is 189 Å². The largest absolute Gasteiger partial charge is 0.354 e. The van der Waals surface area contributed by atoms with Gasteiger partial charge in [-0.1, -0.05) is 56.3 Å². The number of carbonyl (C=O) groups excluding carboxylic acids is 4. The van der Waals surface area contributed by atoms with Crippen LogP contribution in [0.3, 0.4) is 0 Å². The molecule has 1 aromatic carbocycles. The van der Waals surface area contributed by atoms with Crippen LogP contribution in [0.15, 0.2) is 42.5 Å². The van der Waals surface area contributed by atoms with E-state index in [1.807, 2.05) is 56.3 Å². The first-order valence-electron chi connectivity index (χ1n) is 11.4. The lowest BCUT2D eigenvalue weighted by molar-refractivity contribution is -0.143. The lowest BCUT2D eigenvalue weighted by Gasteiger charge is -2.29. The maximum Gasteiger partial charge on any atom is 0.242 e. The van der Waals surface area contributed by atoms with Gasteiger partial charge in [0.15, 0.2) is 0 Å². The molecule has 0 aromatic heterocycles. The number of carbonyl (C=O) groups is 4. The number of nitrogens with one attached hydrogen (secondary N) is 1. The molecule has 0 spiro atoms. The standard InChI is InChI=1S/C25H33N3O4/c1-17(2)15-26-23(30)18(3)28(16-19-9-5-4-6-10-19)22(29)13-14-27-24(31)20-11-7-8-12-21(20)25(27)32/h4-10,17-18,20-21H,11-16H2,1-3H3,(H,26,30)/t18?,20-,21+. The summed E-state index contributed by atoms with van der Waals surface area (Å²) in [5.74, 6) is -1.14. The quantitative estimate of drug-likeness (QED) is 0.473. The Morgan fingerprint density at radius 3 is 2.19 bits per heavy atom. The third-order valence-corrected chi connectivity index (χ3v) is 6.20. The van der Waals surface area contributed by atoms with Crippen LogP contribution >= 0.6 is 0 Å². The summed E-state index contributed by atoms with van der Waals surface area (Å²) in [5.41, 5.74) is 0.912. The second kappa shape index (κ2) is 10.6. The van der Waals surface area contributed by atoms with E-state index >= 15 is 0 Å². The molecule has 1 aliphatic heterocycles. The fraction of sp³-hybridized carbons (Fsp3) is 0.520. The third-order valence-electron chi connectivity index (χ3n) is 6.20. The Morgan fingerprint density at radius 1 is 1.03 bits per heavy atom. The van der Waals surface area contributed by atoms with Crippen LogP contribution in [0.25, 0.3) is 0 Å². The molecule has 0 bridgehead atoms. The minimum atomic E-state index is -0.668. The van der Waals surface area contributed by atoms with Crippen molar-refractivity contribution >= 4 is 23.6 Å². The zero-order valence-corrected chi connectivity index (χ0v) is 19.1. The van der Waals surface area contributed by atoms with E-state index in [1.54, 1.807) is 6.92 Å². The van der Waals surface area contributed by atoms with E-state index in [0.717, 1.165) is 5.56 Å². The second-order valence-electron chi connectivity index (χ2n) is 9.06. The maximum absolute atomic E-state index is 13.2. The van der Waals surface area contributed by atoms with Gasteiger partial charge in [-0.25, -0.2) is 0 Å². The molecule has 172 valence electrons. The highest BCUT2D eigenvalue weighted by Gasteiger charge is 2.47. The van der Waals surface area contributed by atoms with E-state index in [2.05, 4.69) is 5.32 Å². The van der Waals surface area contributed by atoms with Gasteiger partial charge in [0.1, 0.15) is 6.04 Å². The number of hydrogen-bond donors (Lipinski definition) is 1. The number of rotatable bonds is 9. The van der Waals surface area contributed by atoms with E-state index in [9.17, 15) is 19.2 Å². The van der Waals surface area contributed by atoms with Crippen molar-refractivity contribution in [1.29, 1.82) is 0 Å². The number of benzene rings is 1. The zero-order chi connectivity index (χ0) is 23.3. The fourth-order valence-electron chi connectivity index (χ4n) is 4.26. The van der Waals surface area contributed by atoms with E-state index in [1.165, 1.54) is 9.80 Å². The predicted octanol–water partition coefficient (Wildman–Crippen LogP) is 2.52. The normalized spacial score (nSPS) is 20.9. The van der Waals surface area contributed by atoms with Crippen LogP contribution < -0.4 is 5.32 Å². The topological polar surface area (TPSA) is 86.8 Å². The van der Waals surface area contributed by atoms with Gasteiger partial charge in [-0.2, -0.15) is 0 Å². The Kier molecular flexibility index (Phi) is 7.83. The number of amides is 4. The Balaban J connectivity index is 1.68. The van der Waals surface area contributed by atoms with Crippen molar-refractivity contribution < 1.29 is 19.2 Å². The van der Waals surface area contributed by atoms with Crippen LogP contribution in [-0.4, -0.2) is 52.6 Å². The summed E-state index contributed by atoms with van der Waals surface area (Å²) in [7, 11) is 0. The molecule has 1 aliphatic carbocycles. The first kappa shape index (κ1) is 23.7. The highest BCUT2D eigenvalue weighted by molar-refractivity contribution is 6.05. The second-order valence-corrected chi connectivity index (χ2v) is 9.06. The van der Waals surface area contributed by atoms with E-state index in [4.69, 9.17) is 0 Å². The summed E-state index contributed by atoms with van der Waals surface area (Å²) in [6, 6.07) is 8.82. The number of fused-ring (bicyclic) bond motifs is 1. The molecule has 3 atom stereocenters. The lowest BCUT2D eigenvalue weighted by Crippen LogP contribution is -2.49. The Bertz CT molecular complexity index is 854.